The van der Waals surface area contributed by atoms with Crippen LogP contribution in [0.3, 0.4) is 0 Å². The van der Waals surface area contributed by atoms with Crippen molar-refractivity contribution in [1.29, 1.82) is 0 Å². The molecule has 1 N–H and O–H groups in total. The molecule has 1 aliphatic heterocycles. The second-order valence-corrected chi connectivity index (χ2v) is 7.18. The number of benzene rings is 3. The largest absolute Gasteiger partial charge is 0.497 e. The van der Waals surface area contributed by atoms with Gasteiger partial charge in [0.2, 0.25) is 11.8 Å². The molecule has 0 saturated heterocycles. The van der Waals surface area contributed by atoms with E-state index in [1.807, 2.05) is 54.6 Å². The third kappa shape index (κ3) is 4.46. The number of para-hydroxylation sites is 1. The summed E-state index contributed by atoms with van der Waals surface area (Å²) in [6, 6.07) is 22.3. The summed E-state index contributed by atoms with van der Waals surface area (Å²) in [5.74, 6) is 0.516. The van der Waals surface area contributed by atoms with Crippen molar-refractivity contribution in [2.24, 2.45) is 4.99 Å². The summed E-state index contributed by atoms with van der Waals surface area (Å²) in [7, 11) is 3.08. The van der Waals surface area contributed by atoms with Crippen LogP contribution in [0.25, 0.3) is 0 Å². The Hall–Kier alpha value is -4.13. The highest BCUT2D eigenvalue weighted by Crippen LogP contribution is 2.28. The number of hydrogen-bond donors (Lipinski definition) is 1. The van der Waals surface area contributed by atoms with Crippen molar-refractivity contribution in [3.05, 3.63) is 83.9 Å². The minimum absolute atomic E-state index is 0.0425. The molecule has 4 rings (SSSR count). The zero-order chi connectivity index (χ0) is 22.5. The molecular formula is C25H23N3O4. The molecule has 0 fully saturated rings. The highest BCUT2D eigenvalue weighted by Gasteiger charge is 2.26. The number of rotatable bonds is 6. The number of fused-ring (bicyclic) bond motifs is 1. The minimum atomic E-state index is -0.341. The van der Waals surface area contributed by atoms with E-state index in [0.29, 0.717) is 22.9 Å². The number of nitrogens with zero attached hydrogens (tertiary/aromatic N) is 2. The summed E-state index contributed by atoms with van der Waals surface area (Å²) in [6.45, 7) is -0.188. The Balaban J connectivity index is 1.61. The summed E-state index contributed by atoms with van der Waals surface area (Å²) in [4.78, 5) is 31.9. The van der Waals surface area contributed by atoms with Gasteiger partial charge in [0.05, 0.1) is 25.6 Å². The Labute approximate surface area is 186 Å². The highest BCUT2D eigenvalue weighted by atomic mass is 16.5. The molecule has 2 amide bonds. The van der Waals surface area contributed by atoms with E-state index >= 15 is 0 Å². The van der Waals surface area contributed by atoms with E-state index in [9.17, 15) is 9.59 Å². The van der Waals surface area contributed by atoms with Crippen LogP contribution in [0.1, 0.15) is 11.1 Å². The molecular weight excluding hydrogens is 406 g/mol. The van der Waals surface area contributed by atoms with Crippen molar-refractivity contribution in [2.75, 3.05) is 37.5 Å². The van der Waals surface area contributed by atoms with Crippen molar-refractivity contribution in [2.45, 2.75) is 0 Å². The smallest absolute Gasteiger partial charge is 0.249 e. The third-order valence-electron chi connectivity index (χ3n) is 5.11. The topological polar surface area (TPSA) is 80.2 Å². The summed E-state index contributed by atoms with van der Waals surface area (Å²) in [5.41, 5.74) is 3.62. The fraction of sp³-hybridized carbons (Fsp3) is 0.160. The zero-order valence-electron chi connectivity index (χ0n) is 17.9. The monoisotopic (exact) mass is 429 g/mol. The fourth-order valence-electron chi connectivity index (χ4n) is 3.60. The number of ether oxygens (including phenoxy) is 2. The van der Waals surface area contributed by atoms with Gasteiger partial charge in [0.1, 0.15) is 24.6 Å². The van der Waals surface area contributed by atoms with Crippen LogP contribution >= 0.6 is 0 Å². The number of amides is 2. The number of anilines is 2. The van der Waals surface area contributed by atoms with Gasteiger partial charge in [0.15, 0.2) is 0 Å². The van der Waals surface area contributed by atoms with E-state index in [1.54, 1.807) is 18.2 Å². The van der Waals surface area contributed by atoms with Gasteiger partial charge in [-0.05, 0) is 6.07 Å². The summed E-state index contributed by atoms with van der Waals surface area (Å²) >= 11 is 0. The lowest BCUT2D eigenvalue weighted by atomic mass is 10.0. The molecule has 0 spiro atoms. The van der Waals surface area contributed by atoms with Gasteiger partial charge >= 0.3 is 0 Å². The Bertz CT molecular complexity index is 1150. The summed E-state index contributed by atoms with van der Waals surface area (Å²) in [6.07, 6.45) is 0. The van der Waals surface area contributed by atoms with E-state index in [0.717, 1.165) is 16.8 Å². The predicted molar refractivity (Wildman–Crippen MR) is 124 cm³/mol. The first-order valence-corrected chi connectivity index (χ1v) is 10.1. The molecule has 0 saturated carbocycles. The average Bonchev–Trinajstić information content (AvgIpc) is 2.96. The molecule has 0 bridgehead atoms. The van der Waals surface area contributed by atoms with Gasteiger partial charge in [0, 0.05) is 35.0 Å². The van der Waals surface area contributed by atoms with E-state index < -0.39 is 0 Å². The number of nitrogens with one attached hydrogen (secondary N) is 1. The highest BCUT2D eigenvalue weighted by molar-refractivity contribution is 6.20. The van der Waals surface area contributed by atoms with Crippen molar-refractivity contribution >= 4 is 28.9 Å². The van der Waals surface area contributed by atoms with E-state index in [2.05, 4.69) is 10.3 Å². The van der Waals surface area contributed by atoms with Gasteiger partial charge < -0.3 is 19.7 Å². The van der Waals surface area contributed by atoms with Crippen LogP contribution in [0.4, 0.5) is 11.4 Å². The third-order valence-corrected chi connectivity index (χ3v) is 5.11. The molecule has 3 aromatic rings. The van der Waals surface area contributed by atoms with Crippen LogP contribution in [-0.2, 0) is 9.59 Å². The van der Waals surface area contributed by atoms with Crippen LogP contribution in [-0.4, -0.2) is 44.8 Å². The molecule has 3 aromatic carbocycles. The molecule has 1 heterocycles. The quantitative estimate of drug-likeness (QED) is 0.650. The summed E-state index contributed by atoms with van der Waals surface area (Å²) in [5, 5.41) is 2.82. The van der Waals surface area contributed by atoms with Crippen molar-refractivity contribution in [3.8, 4) is 11.5 Å². The lowest BCUT2D eigenvalue weighted by Gasteiger charge is -2.22. The number of methoxy groups -OCH3 is 2. The number of carbonyl (C=O) groups excluding carboxylic acids is 2. The van der Waals surface area contributed by atoms with E-state index in [-0.39, 0.29) is 24.9 Å². The van der Waals surface area contributed by atoms with Gasteiger partial charge in [-0.15, -0.1) is 0 Å². The molecule has 0 atom stereocenters. The average molecular weight is 429 g/mol. The molecule has 0 radical (unpaired) electrons. The molecule has 7 nitrogen and oxygen atoms in total. The second-order valence-electron chi connectivity index (χ2n) is 7.18. The number of carbonyl (C=O) groups is 2. The number of benzodiazepines with no additional fused rings is 1. The van der Waals surface area contributed by atoms with Crippen LogP contribution in [0, 0.1) is 0 Å². The van der Waals surface area contributed by atoms with Crippen LogP contribution in [0.15, 0.2) is 77.8 Å². The van der Waals surface area contributed by atoms with Crippen LogP contribution < -0.4 is 19.7 Å². The van der Waals surface area contributed by atoms with E-state index in [1.165, 1.54) is 19.1 Å². The molecule has 32 heavy (non-hydrogen) atoms. The van der Waals surface area contributed by atoms with Crippen LogP contribution in [0.5, 0.6) is 11.5 Å². The Kier molecular flexibility index (Phi) is 6.17. The molecule has 0 aliphatic carbocycles. The fourth-order valence-corrected chi connectivity index (χ4v) is 3.60. The van der Waals surface area contributed by atoms with Crippen molar-refractivity contribution in [3.63, 3.8) is 0 Å². The van der Waals surface area contributed by atoms with Crippen molar-refractivity contribution < 1.29 is 19.1 Å². The number of aliphatic imine (C=N–C) groups is 1. The first-order chi connectivity index (χ1) is 15.6. The van der Waals surface area contributed by atoms with Gasteiger partial charge in [-0.2, -0.15) is 0 Å². The summed E-state index contributed by atoms with van der Waals surface area (Å²) < 4.78 is 10.5. The standard InChI is InChI=1S/C25H23N3O4/c1-31-19-12-18(13-20(14-19)32-2)27-23(29)16-28-22-11-7-6-10-21(22)25(26-15-24(28)30)17-8-4-3-5-9-17/h3-14H,15-16H2,1-2H3,(H,27,29). The van der Waals surface area contributed by atoms with Crippen molar-refractivity contribution in [1.82, 2.24) is 0 Å². The minimum Gasteiger partial charge on any atom is -0.497 e. The Morgan fingerprint density at radius 1 is 0.969 bits per heavy atom. The first-order valence-electron chi connectivity index (χ1n) is 10.1. The maximum absolute atomic E-state index is 12.9. The lowest BCUT2D eigenvalue weighted by molar-refractivity contribution is -0.120. The first kappa shape index (κ1) is 21.1. The SMILES string of the molecule is COc1cc(NC(=O)CN2C(=O)CN=C(c3ccccc3)c3ccccc32)cc(OC)c1. The molecule has 0 unspecified atom stereocenters. The van der Waals surface area contributed by atoms with Crippen LogP contribution in [0.2, 0.25) is 0 Å². The molecule has 7 heteroatoms. The predicted octanol–water partition coefficient (Wildman–Crippen LogP) is 3.53. The van der Waals surface area contributed by atoms with Gasteiger partial charge in [-0.3, -0.25) is 14.6 Å². The zero-order valence-corrected chi connectivity index (χ0v) is 17.9. The Morgan fingerprint density at radius 3 is 2.31 bits per heavy atom. The normalized spacial score (nSPS) is 13.0. The lowest BCUT2D eigenvalue weighted by Crippen LogP contribution is -2.39. The molecule has 162 valence electrons. The van der Waals surface area contributed by atoms with Gasteiger partial charge in [-0.25, -0.2) is 0 Å². The van der Waals surface area contributed by atoms with Gasteiger partial charge in [0.25, 0.3) is 0 Å². The number of hydrogen-bond acceptors (Lipinski definition) is 5. The Morgan fingerprint density at radius 2 is 1.62 bits per heavy atom. The second kappa shape index (κ2) is 9.34. The molecule has 1 aliphatic rings. The maximum atomic E-state index is 12.9. The maximum Gasteiger partial charge on any atom is 0.249 e. The van der Waals surface area contributed by atoms with Gasteiger partial charge in [-0.1, -0.05) is 48.5 Å². The molecule has 0 aromatic heterocycles. The van der Waals surface area contributed by atoms with E-state index in [4.69, 9.17) is 9.47 Å².